The van der Waals surface area contributed by atoms with Crippen LogP contribution < -0.4 is 0 Å². The van der Waals surface area contributed by atoms with Crippen LogP contribution in [0.25, 0.3) is 0 Å². The van der Waals surface area contributed by atoms with Gasteiger partial charge in [-0.25, -0.2) is 5.26 Å². The van der Waals surface area contributed by atoms with E-state index >= 15 is 0 Å². The minimum Gasteiger partial charge on any atom is -0.696 e. The molecule has 0 rings (SSSR count). The molecule has 7 heavy (non-hydrogen) atoms. The first-order chi connectivity index (χ1) is 2.83. The van der Waals surface area contributed by atoms with Crippen LogP contribution in [0.4, 0.5) is 0 Å². The van der Waals surface area contributed by atoms with E-state index in [9.17, 15) is 0 Å². The van der Waals surface area contributed by atoms with E-state index in [1.165, 1.54) is 5.40 Å². The van der Waals surface area contributed by atoms with Gasteiger partial charge in [0.25, 0.3) is 0 Å². The maximum atomic E-state index is 8.00. The molecule has 0 radical (unpaired) electrons. The topological polar surface area (TPSA) is 76.3 Å². The summed E-state index contributed by atoms with van der Waals surface area (Å²) in [7, 11) is 0. The summed E-state index contributed by atoms with van der Waals surface area (Å²) < 4.78 is 0. The number of nitrogens with zero attached hydrogens (tertiary/aromatic N) is 2. The van der Waals surface area contributed by atoms with Crippen LogP contribution in [0.3, 0.4) is 0 Å². The molecule has 4 nitrogen and oxygen atoms in total. The summed E-state index contributed by atoms with van der Waals surface area (Å²) in [5.74, 6) is 0. The van der Waals surface area contributed by atoms with Crippen LogP contribution in [-0.4, -0.2) is 0 Å². The fourth-order valence-electron chi connectivity index (χ4n) is 0. The van der Waals surface area contributed by atoms with E-state index in [4.69, 9.17) is 15.4 Å². The molecule has 0 atom stereocenters. The van der Waals surface area contributed by atoms with Gasteiger partial charge in [0.05, 0.1) is 0 Å². The van der Waals surface area contributed by atoms with E-state index in [1.807, 2.05) is 0 Å². The fourth-order valence-corrected chi connectivity index (χ4v) is 0. The van der Waals surface area contributed by atoms with E-state index in [2.05, 4.69) is 12.6 Å². The number of rotatable bonds is 0. The van der Waals surface area contributed by atoms with Gasteiger partial charge in [0, 0.05) is 0 Å². The summed E-state index contributed by atoms with van der Waals surface area (Å²) in [4.78, 5) is 8.00. The van der Waals surface area contributed by atoms with E-state index in [0.717, 1.165) is 5.34 Å². The first kappa shape index (κ1) is 15.9. The predicted molar refractivity (Wildman–Crippen MR) is 22.1 cm³/mol. The van der Waals surface area contributed by atoms with Crippen molar-refractivity contribution in [3.8, 4) is 5.40 Å². The largest absolute Gasteiger partial charge is 2.00 e. The number of hydrogen-bond donors (Lipinski definition) is 0. The Morgan fingerprint density at radius 3 is 1.86 bits per heavy atom. The van der Waals surface area contributed by atoms with Crippen LogP contribution >= 0.6 is 0 Å². The van der Waals surface area contributed by atoms with Crippen LogP contribution in [0, 0.1) is 20.8 Å². The minimum atomic E-state index is 0. The average molecular weight is 160 g/mol. The molecule has 0 bridgehead atoms. The van der Waals surface area contributed by atoms with Gasteiger partial charge in [-0.05, 0) is 0 Å². The zero-order valence-electron chi connectivity index (χ0n) is 2.97. The quantitative estimate of drug-likeness (QED) is 0.167. The third kappa shape index (κ3) is 540. The van der Waals surface area contributed by atoms with E-state index in [1.54, 1.807) is 0 Å². The van der Waals surface area contributed by atoms with Crippen molar-refractivity contribution < 1.29 is 17.1 Å². The number of thiocyanates is 1. The molecular weight excluding hydrogens is 160 g/mol. The number of hydrogen-bond acceptors (Lipinski definition) is 5. The Morgan fingerprint density at radius 2 is 1.86 bits per heavy atom. The summed E-state index contributed by atoms with van der Waals surface area (Å²) in [6.07, 6.45) is 0. The standard InChI is InChI=1S/CHNS.Fe.HNO2/c2-1-3;;2-1-3/h3H;;(H,2,3)/q;+2;/p-2. The molecule has 6 heteroatoms. The molecule has 0 aliphatic rings. The fraction of sp³-hybridized carbons (Fsp3) is 0. The van der Waals surface area contributed by atoms with Crippen molar-refractivity contribution in [2.75, 3.05) is 0 Å². The zero-order chi connectivity index (χ0) is 5.41. The smallest absolute Gasteiger partial charge is 0.696 e. The van der Waals surface area contributed by atoms with E-state index < -0.39 is 0 Å². The summed E-state index contributed by atoms with van der Waals surface area (Å²) in [6, 6.07) is 0. The molecule has 0 aromatic heterocycles. The number of nitriles is 1. The van der Waals surface area contributed by atoms with Crippen LogP contribution in [-0.2, 0) is 29.7 Å². The molecule has 0 amide bonds. The van der Waals surface area contributed by atoms with Gasteiger partial charge in [-0.2, -0.15) is 0 Å². The predicted octanol–water partition coefficient (Wildman–Crippen LogP) is 0.262. The second-order valence-electron chi connectivity index (χ2n) is 0.166. The molecule has 0 unspecified atom stereocenters. The van der Waals surface area contributed by atoms with Crippen molar-refractivity contribution in [1.29, 1.82) is 5.26 Å². The molecule has 0 aromatic carbocycles. The van der Waals surface area contributed by atoms with Crippen LogP contribution in [0.2, 0.25) is 0 Å². The van der Waals surface area contributed by atoms with Crippen molar-refractivity contribution in [2.24, 2.45) is 5.34 Å². The van der Waals surface area contributed by atoms with Gasteiger partial charge >= 0.3 is 17.1 Å². The van der Waals surface area contributed by atoms with Gasteiger partial charge in [-0.15, -0.1) is 5.34 Å². The van der Waals surface area contributed by atoms with Gasteiger partial charge < -0.3 is 22.7 Å². The molecular formula is CFeN2O2S. The third-order valence-electron chi connectivity index (χ3n) is 0. The molecule has 40 valence electrons. The van der Waals surface area contributed by atoms with E-state index in [-0.39, 0.29) is 17.1 Å². The summed E-state index contributed by atoms with van der Waals surface area (Å²) in [5, 5.41) is 17.5. The summed E-state index contributed by atoms with van der Waals surface area (Å²) >= 11 is 3.70. The summed E-state index contributed by atoms with van der Waals surface area (Å²) in [5.41, 5.74) is 0. The molecule has 0 saturated carbocycles. The maximum absolute atomic E-state index is 8.00. The van der Waals surface area contributed by atoms with Crippen molar-refractivity contribution in [1.82, 2.24) is 0 Å². The van der Waals surface area contributed by atoms with Crippen molar-refractivity contribution in [3.63, 3.8) is 0 Å². The normalized spacial score (nSPS) is 2.71. The van der Waals surface area contributed by atoms with Crippen LogP contribution in [0.1, 0.15) is 0 Å². The zero-order valence-corrected chi connectivity index (χ0v) is 4.89. The van der Waals surface area contributed by atoms with Crippen LogP contribution in [0.15, 0.2) is 5.34 Å². The third-order valence-corrected chi connectivity index (χ3v) is 0. The Balaban J connectivity index is -0.0000000400. The Hall–Kier alpha value is -0.371. The van der Waals surface area contributed by atoms with Crippen molar-refractivity contribution in [3.05, 3.63) is 10.1 Å². The molecule has 0 spiro atoms. The minimum absolute atomic E-state index is 0. The SMILES string of the molecule is N#C[S-].O=N[O-].[Fe+2]. The molecule has 0 fully saturated rings. The Bertz CT molecular complexity index is 61.2. The second kappa shape index (κ2) is 45.4. The second-order valence-corrected chi connectivity index (χ2v) is 0.348. The maximum Gasteiger partial charge on any atom is 2.00 e. The average Bonchev–Trinajstić information content (AvgIpc) is 1.39. The van der Waals surface area contributed by atoms with Gasteiger partial charge in [-0.1, -0.05) is 5.40 Å². The van der Waals surface area contributed by atoms with Crippen LogP contribution in [0.5, 0.6) is 0 Å². The molecule has 0 N–H and O–H groups in total. The summed E-state index contributed by atoms with van der Waals surface area (Å²) in [6.45, 7) is 0. The first-order valence-electron chi connectivity index (χ1n) is 0.793. The van der Waals surface area contributed by atoms with Gasteiger partial charge in [0.15, 0.2) is 0 Å². The van der Waals surface area contributed by atoms with Gasteiger partial charge in [0.1, 0.15) is 0 Å². The molecule has 0 aliphatic heterocycles. The van der Waals surface area contributed by atoms with E-state index in [0.29, 0.717) is 0 Å². The molecule has 0 aromatic rings. The first-order valence-corrected chi connectivity index (χ1v) is 1.20. The van der Waals surface area contributed by atoms with Gasteiger partial charge in [-0.3, -0.25) is 0 Å². The Kier molecular flexibility index (Phi) is 104. The molecule has 0 heterocycles. The molecule has 0 saturated heterocycles. The molecule has 0 aliphatic carbocycles. The van der Waals surface area contributed by atoms with Crippen molar-refractivity contribution >= 4 is 12.6 Å². The Labute approximate surface area is 56.3 Å². The Morgan fingerprint density at radius 1 is 1.86 bits per heavy atom. The monoisotopic (exact) mass is 160 g/mol. The van der Waals surface area contributed by atoms with Gasteiger partial charge in [0.2, 0.25) is 0 Å². The van der Waals surface area contributed by atoms with Crippen molar-refractivity contribution in [2.45, 2.75) is 0 Å².